The van der Waals surface area contributed by atoms with Gasteiger partial charge in [-0.05, 0) is 106 Å². The molecule has 1 unspecified atom stereocenters. The van der Waals surface area contributed by atoms with Gasteiger partial charge in [0.25, 0.3) is 0 Å². The number of nitrogens with one attached hydrogen (secondary N) is 3. The first-order valence-corrected chi connectivity index (χ1v) is 11.8. The van der Waals surface area contributed by atoms with Crippen molar-refractivity contribution in [3.63, 3.8) is 0 Å². The van der Waals surface area contributed by atoms with Crippen LogP contribution >= 0.6 is 0 Å². The van der Waals surface area contributed by atoms with E-state index < -0.39 is 0 Å². The van der Waals surface area contributed by atoms with Crippen LogP contribution < -0.4 is 21.7 Å². The Morgan fingerprint density at radius 2 is 1.21 bits per heavy atom. The smallest absolute Gasteiger partial charge is 0.0144 e. The molecule has 0 aromatic rings. The third-order valence-electron chi connectivity index (χ3n) is 6.66. The highest BCUT2D eigenvalue weighted by molar-refractivity contribution is 5.00. The lowest BCUT2D eigenvalue weighted by Crippen LogP contribution is -2.61. The molecule has 2 heterocycles. The third-order valence-corrected chi connectivity index (χ3v) is 6.66. The molecule has 2 rings (SSSR count). The molecule has 2 fully saturated rings. The van der Waals surface area contributed by atoms with E-state index in [-0.39, 0.29) is 22.2 Å². The second kappa shape index (κ2) is 8.91. The maximum Gasteiger partial charge on any atom is 0.0144 e. The molecule has 2 aliphatic rings. The van der Waals surface area contributed by atoms with Gasteiger partial charge in [0, 0.05) is 34.2 Å². The number of hydrogen-bond donors (Lipinski definition) is 4. The minimum atomic E-state index is 0.199. The first-order valence-electron chi connectivity index (χ1n) is 11.8. The molecular weight excluding hydrogens is 344 g/mol. The first kappa shape index (κ1) is 24.1. The van der Waals surface area contributed by atoms with Crippen molar-refractivity contribution in [1.82, 2.24) is 16.0 Å². The summed E-state index contributed by atoms with van der Waals surface area (Å²) in [6, 6.07) is 0.979. The zero-order valence-corrected chi connectivity index (χ0v) is 20.2. The van der Waals surface area contributed by atoms with E-state index in [0.717, 1.165) is 6.54 Å². The topological polar surface area (TPSA) is 62.1 Å². The molecule has 1 atom stereocenters. The molecule has 5 N–H and O–H groups in total. The fourth-order valence-corrected chi connectivity index (χ4v) is 6.39. The molecule has 166 valence electrons. The van der Waals surface area contributed by atoms with Crippen molar-refractivity contribution >= 4 is 0 Å². The summed E-state index contributed by atoms with van der Waals surface area (Å²) in [4.78, 5) is 0. The second-order valence-electron chi connectivity index (χ2n) is 12.5. The lowest BCUT2D eigenvalue weighted by atomic mass is 9.72. The van der Waals surface area contributed by atoms with E-state index in [9.17, 15) is 0 Å². The van der Waals surface area contributed by atoms with E-state index in [1.165, 1.54) is 51.4 Å². The average Bonchev–Trinajstić information content (AvgIpc) is 2.44. The van der Waals surface area contributed by atoms with Crippen LogP contribution in [0.1, 0.15) is 107 Å². The molecular formula is C24H50N4. The van der Waals surface area contributed by atoms with Crippen LogP contribution in [0, 0.1) is 5.92 Å². The van der Waals surface area contributed by atoms with Gasteiger partial charge in [-0.2, -0.15) is 0 Å². The predicted octanol–water partition coefficient (Wildman–Crippen LogP) is 4.33. The molecule has 0 aromatic carbocycles. The SMILES string of the molecule is CC1(C)CC(NCCCCCC(N)C2CC(C)(C)NC(C)(C)C2)CC(C)(C)N1. The van der Waals surface area contributed by atoms with E-state index in [0.29, 0.717) is 18.0 Å². The third kappa shape index (κ3) is 7.93. The molecule has 0 saturated carbocycles. The van der Waals surface area contributed by atoms with Gasteiger partial charge in [-0.25, -0.2) is 0 Å². The molecule has 2 aliphatic heterocycles. The van der Waals surface area contributed by atoms with Crippen LogP contribution in [0.5, 0.6) is 0 Å². The fourth-order valence-electron chi connectivity index (χ4n) is 6.39. The fraction of sp³-hybridized carbons (Fsp3) is 1.00. The van der Waals surface area contributed by atoms with E-state index in [1.807, 2.05) is 0 Å². The lowest BCUT2D eigenvalue weighted by Gasteiger charge is -2.48. The highest BCUT2D eigenvalue weighted by atomic mass is 15.1. The Morgan fingerprint density at radius 3 is 1.71 bits per heavy atom. The van der Waals surface area contributed by atoms with Crippen LogP contribution in [0.15, 0.2) is 0 Å². The summed E-state index contributed by atoms with van der Waals surface area (Å²) < 4.78 is 0. The van der Waals surface area contributed by atoms with Crippen molar-refractivity contribution in [3.8, 4) is 0 Å². The van der Waals surface area contributed by atoms with Crippen molar-refractivity contribution in [2.24, 2.45) is 11.7 Å². The molecule has 0 spiro atoms. The molecule has 0 amide bonds. The molecule has 0 radical (unpaired) electrons. The summed E-state index contributed by atoms with van der Waals surface area (Å²) in [5.74, 6) is 0.642. The van der Waals surface area contributed by atoms with Gasteiger partial charge in [0.2, 0.25) is 0 Å². The van der Waals surface area contributed by atoms with Gasteiger partial charge in [-0.1, -0.05) is 12.8 Å². The van der Waals surface area contributed by atoms with Crippen LogP contribution in [0.2, 0.25) is 0 Å². The van der Waals surface area contributed by atoms with Crippen molar-refractivity contribution < 1.29 is 0 Å². The summed E-state index contributed by atoms with van der Waals surface area (Å²) in [6.07, 6.45) is 9.80. The maximum atomic E-state index is 6.63. The molecule has 4 heteroatoms. The predicted molar refractivity (Wildman–Crippen MR) is 123 cm³/mol. The Morgan fingerprint density at radius 1 is 0.750 bits per heavy atom. The monoisotopic (exact) mass is 394 g/mol. The van der Waals surface area contributed by atoms with Crippen molar-refractivity contribution in [2.45, 2.75) is 141 Å². The van der Waals surface area contributed by atoms with Gasteiger partial charge in [0.05, 0.1) is 0 Å². The average molecular weight is 395 g/mol. The van der Waals surface area contributed by atoms with Crippen molar-refractivity contribution in [3.05, 3.63) is 0 Å². The van der Waals surface area contributed by atoms with E-state index in [2.05, 4.69) is 71.3 Å². The summed E-state index contributed by atoms with van der Waals surface area (Å²) in [6.45, 7) is 19.7. The Balaban J connectivity index is 1.64. The molecule has 0 bridgehead atoms. The number of piperidine rings is 2. The van der Waals surface area contributed by atoms with Gasteiger partial charge in [0.1, 0.15) is 0 Å². The number of nitrogens with two attached hydrogens (primary N) is 1. The van der Waals surface area contributed by atoms with E-state index in [1.54, 1.807) is 0 Å². The van der Waals surface area contributed by atoms with Gasteiger partial charge in [0.15, 0.2) is 0 Å². The van der Waals surface area contributed by atoms with Crippen LogP contribution in [0.4, 0.5) is 0 Å². The van der Waals surface area contributed by atoms with Crippen molar-refractivity contribution in [1.29, 1.82) is 0 Å². The molecule has 0 aromatic heterocycles. The summed E-state index contributed by atoms with van der Waals surface area (Å²) in [5.41, 5.74) is 7.48. The summed E-state index contributed by atoms with van der Waals surface area (Å²) >= 11 is 0. The van der Waals surface area contributed by atoms with Gasteiger partial charge in [-0.3, -0.25) is 0 Å². The van der Waals surface area contributed by atoms with Crippen molar-refractivity contribution in [2.75, 3.05) is 6.54 Å². The van der Waals surface area contributed by atoms with Crippen LogP contribution in [0.3, 0.4) is 0 Å². The van der Waals surface area contributed by atoms with E-state index >= 15 is 0 Å². The quantitative estimate of drug-likeness (QED) is 0.463. The maximum absolute atomic E-state index is 6.63. The number of hydrogen-bond acceptors (Lipinski definition) is 4. The highest BCUT2D eigenvalue weighted by Crippen LogP contribution is 2.35. The Kier molecular flexibility index (Phi) is 7.68. The first-order chi connectivity index (χ1) is 12.7. The van der Waals surface area contributed by atoms with Gasteiger partial charge < -0.3 is 21.7 Å². The molecule has 2 saturated heterocycles. The number of rotatable bonds is 8. The zero-order chi connectivity index (χ0) is 21.2. The summed E-state index contributed by atoms with van der Waals surface area (Å²) in [5, 5.41) is 11.4. The largest absolute Gasteiger partial charge is 0.327 e. The van der Waals surface area contributed by atoms with Gasteiger partial charge in [-0.15, -0.1) is 0 Å². The normalized spacial score (nSPS) is 28.2. The van der Waals surface area contributed by atoms with Crippen LogP contribution in [0.25, 0.3) is 0 Å². The van der Waals surface area contributed by atoms with Crippen LogP contribution in [-0.4, -0.2) is 40.8 Å². The second-order valence-corrected chi connectivity index (χ2v) is 12.5. The zero-order valence-electron chi connectivity index (χ0n) is 20.2. The Hall–Kier alpha value is -0.160. The van der Waals surface area contributed by atoms with E-state index in [4.69, 9.17) is 5.73 Å². The number of unbranched alkanes of at least 4 members (excludes halogenated alkanes) is 2. The molecule has 28 heavy (non-hydrogen) atoms. The molecule has 4 nitrogen and oxygen atoms in total. The highest BCUT2D eigenvalue weighted by Gasteiger charge is 2.39. The Labute approximate surface area is 175 Å². The molecule has 0 aliphatic carbocycles. The lowest BCUT2D eigenvalue weighted by molar-refractivity contribution is 0.110. The minimum Gasteiger partial charge on any atom is -0.327 e. The van der Waals surface area contributed by atoms with Gasteiger partial charge >= 0.3 is 0 Å². The van der Waals surface area contributed by atoms with Crippen LogP contribution in [-0.2, 0) is 0 Å². The Bertz CT molecular complexity index is 463. The summed E-state index contributed by atoms with van der Waals surface area (Å²) in [7, 11) is 0. The standard InChI is InChI=1S/C24H50N4/c1-21(2)14-18(15-22(3,4)27-21)20(25)12-10-9-11-13-26-19-16-23(5,6)28-24(7,8)17-19/h18-20,26-28H,9-17,25H2,1-8H3. The minimum absolute atomic E-state index is 0.199.